The van der Waals surface area contributed by atoms with E-state index in [4.69, 9.17) is 5.53 Å². The van der Waals surface area contributed by atoms with Crippen molar-refractivity contribution in [3.05, 3.63) is 10.4 Å². The van der Waals surface area contributed by atoms with Gasteiger partial charge in [-0.05, 0) is 5.53 Å². The number of hydrogen-bond donors (Lipinski definition) is 1. The Morgan fingerprint density at radius 3 is 2.60 bits per heavy atom. The SMILES string of the molecule is [N-]=[N+]=NOS. The van der Waals surface area contributed by atoms with E-state index in [1.165, 1.54) is 0 Å². The van der Waals surface area contributed by atoms with Gasteiger partial charge in [0.15, 0.2) is 0 Å². The minimum absolute atomic E-state index is 2.18. The summed E-state index contributed by atoms with van der Waals surface area (Å²) in [6.07, 6.45) is 0. The molecular formula is HN3OS. The van der Waals surface area contributed by atoms with E-state index in [0.29, 0.717) is 0 Å². The van der Waals surface area contributed by atoms with Crippen molar-refractivity contribution in [3.63, 3.8) is 0 Å². The molecule has 0 bridgehead atoms. The number of hydrogen-bond acceptors (Lipinski definition) is 3. The van der Waals surface area contributed by atoms with Crippen LogP contribution in [-0.2, 0) is 4.28 Å². The van der Waals surface area contributed by atoms with E-state index < -0.39 is 0 Å². The summed E-state index contributed by atoms with van der Waals surface area (Å²) in [4.78, 5) is 2.18. The van der Waals surface area contributed by atoms with Gasteiger partial charge in [0.05, 0.1) is 0 Å². The Morgan fingerprint density at radius 2 is 2.60 bits per heavy atom. The predicted octanol–water partition coefficient (Wildman–Crippen LogP) is 1.07. The second-order valence-electron chi connectivity index (χ2n) is 0.253. The molecule has 0 aromatic rings. The van der Waals surface area contributed by atoms with Crippen LogP contribution >= 0.6 is 12.9 Å². The van der Waals surface area contributed by atoms with Crippen LogP contribution in [0.4, 0.5) is 0 Å². The lowest BCUT2D eigenvalue weighted by Gasteiger charge is -1.65. The largest absolute Gasteiger partial charge is 0.362 e. The standard InChI is InChI=1S/HN3OS/c1-2-3-4-5/h5H. The van der Waals surface area contributed by atoms with Crippen molar-refractivity contribution in [2.45, 2.75) is 0 Å². The molecule has 28 valence electrons. The van der Waals surface area contributed by atoms with Gasteiger partial charge >= 0.3 is 0 Å². The van der Waals surface area contributed by atoms with Gasteiger partial charge in [0, 0.05) is 17.8 Å². The minimum atomic E-state index is 2.18. The highest BCUT2D eigenvalue weighted by Crippen LogP contribution is 1.75. The normalized spacial score (nSPS) is 5.00. The van der Waals surface area contributed by atoms with Crippen LogP contribution < -0.4 is 0 Å². The Bertz CT molecular complexity index is 53.9. The van der Waals surface area contributed by atoms with Crippen LogP contribution in [0.25, 0.3) is 10.4 Å². The van der Waals surface area contributed by atoms with Gasteiger partial charge in [-0.1, -0.05) is 0 Å². The molecular weight excluding hydrogens is 90.1 g/mol. The molecule has 5 heavy (non-hydrogen) atoms. The summed E-state index contributed by atoms with van der Waals surface area (Å²) in [5.41, 5.74) is 7.35. The molecule has 0 unspecified atom stereocenters. The van der Waals surface area contributed by atoms with Gasteiger partial charge in [-0.2, -0.15) is 0 Å². The van der Waals surface area contributed by atoms with Crippen molar-refractivity contribution >= 4 is 12.9 Å². The van der Waals surface area contributed by atoms with Crippen LogP contribution in [0.5, 0.6) is 0 Å². The average Bonchev–Trinajstić information content (AvgIpc) is 1.41. The summed E-state index contributed by atoms with van der Waals surface area (Å²) in [7, 11) is 0. The molecule has 5 heteroatoms. The fourth-order valence-electron chi connectivity index (χ4n) is 0.0163. The average molecular weight is 91.1 g/mol. The zero-order valence-electron chi connectivity index (χ0n) is 2.20. The third-order valence-corrected chi connectivity index (χ3v) is 0.146. The molecule has 0 amide bonds. The van der Waals surface area contributed by atoms with Crippen LogP contribution in [0.3, 0.4) is 0 Å². The molecule has 0 aliphatic heterocycles. The van der Waals surface area contributed by atoms with E-state index in [2.05, 4.69) is 27.4 Å². The third kappa shape index (κ3) is 3.46. The van der Waals surface area contributed by atoms with Crippen molar-refractivity contribution in [2.75, 3.05) is 0 Å². The maximum Gasteiger partial charge on any atom is 0.124 e. The summed E-state index contributed by atoms with van der Waals surface area (Å²) in [6, 6.07) is 0. The van der Waals surface area contributed by atoms with E-state index >= 15 is 0 Å². The smallest absolute Gasteiger partial charge is 0.124 e. The van der Waals surface area contributed by atoms with Crippen LogP contribution in [0.2, 0.25) is 0 Å². The highest BCUT2D eigenvalue weighted by atomic mass is 32.1. The van der Waals surface area contributed by atoms with E-state index in [1.807, 2.05) is 0 Å². The lowest BCUT2D eigenvalue weighted by molar-refractivity contribution is 0.404. The number of rotatable bonds is 1. The summed E-state index contributed by atoms with van der Waals surface area (Å²) in [5, 5.41) is 2.52. The number of nitrogens with zero attached hydrogens (tertiary/aromatic N) is 3. The quantitative estimate of drug-likeness (QED) is 0.129. The summed E-state index contributed by atoms with van der Waals surface area (Å²) in [6.45, 7) is 0. The maximum atomic E-state index is 7.35. The molecule has 0 aromatic carbocycles. The summed E-state index contributed by atoms with van der Waals surface area (Å²) < 4.78 is 3.59. The van der Waals surface area contributed by atoms with E-state index in [-0.39, 0.29) is 0 Å². The van der Waals surface area contributed by atoms with Crippen molar-refractivity contribution in [2.24, 2.45) is 5.28 Å². The van der Waals surface area contributed by atoms with Crippen LogP contribution in [0.15, 0.2) is 5.28 Å². The second kappa shape index (κ2) is 3.46. The van der Waals surface area contributed by atoms with Crippen molar-refractivity contribution in [3.8, 4) is 0 Å². The number of thiol groups is 1. The molecule has 0 aromatic heterocycles. The third-order valence-electron chi connectivity index (χ3n) is 0.0730. The minimum Gasteiger partial charge on any atom is -0.362 e. The lowest BCUT2D eigenvalue weighted by atomic mass is 12.9. The van der Waals surface area contributed by atoms with Crippen LogP contribution in [0.1, 0.15) is 0 Å². The van der Waals surface area contributed by atoms with Gasteiger partial charge in [-0.3, -0.25) is 0 Å². The van der Waals surface area contributed by atoms with Gasteiger partial charge in [0.1, 0.15) is 5.28 Å². The Morgan fingerprint density at radius 1 is 2.00 bits per heavy atom. The molecule has 0 heterocycles. The molecule has 0 radical (unpaired) electrons. The highest BCUT2D eigenvalue weighted by molar-refractivity contribution is 7.75. The maximum absolute atomic E-state index is 7.35. The first-order valence-electron chi connectivity index (χ1n) is 0.765. The monoisotopic (exact) mass is 91.0 g/mol. The fraction of sp³-hybridized carbons (Fsp3) is 0. The first-order chi connectivity index (χ1) is 2.41. The van der Waals surface area contributed by atoms with Gasteiger partial charge < -0.3 is 4.28 Å². The molecule has 4 nitrogen and oxygen atoms in total. The molecule has 0 aliphatic carbocycles. The van der Waals surface area contributed by atoms with Crippen LogP contribution in [0, 0.1) is 0 Å². The second-order valence-corrected chi connectivity index (χ2v) is 0.416. The molecule has 0 spiro atoms. The van der Waals surface area contributed by atoms with E-state index in [1.54, 1.807) is 0 Å². The Kier molecular flexibility index (Phi) is 3.09. The van der Waals surface area contributed by atoms with Crippen molar-refractivity contribution in [1.29, 1.82) is 0 Å². The van der Waals surface area contributed by atoms with E-state index in [9.17, 15) is 0 Å². The molecule has 0 N–H and O–H groups in total. The number of azide groups is 1. The van der Waals surface area contributed by atoms with Crippen molar-refractivity contribution in [1.82, 2.24) is 0 Å². The zero-order chi connectivity index (χ0) is 4.12. The molecule has 0 saturated carbocycles. The van der Waals surface area contributed by atoms with Crippen LogP contribution in [-0.4, -0.2) is 0 Å². The first kappa shape index (κ1) is 4.46. The predicted molar refractivity (Wildman–Crippen MR) is 19.2 cm³/mol. The highest BCUT2D eigenvalue weighted by Gasteiger charge is 1.47. The van der Waals surface area contributed by atoms with E-state index in [0.717, 1.165) is 0 Å². The molecule has 0 fully saturated rings. The van der Waals surface area contributed by atoms with Gasteiger partial charge in [0.25, 0.3) is 0 Å². The summed E-state index contributed by atoms with van der Waals surface area (Å²) in [5.74, 6) is 0. The Hall–Kier alpha value is -0.540. The van der Waals surface area contributed by atoms with Gasteiger partial charge in [-0.15, -0.1) is 0 Å². The Labute approximate surface area is 33.9 Å². The summed E-state index contributed by atoms with van der Waals surface area (Å²) >= 11 is 3.08. The fourth-order valence-corrected chi connectivity index (χ4v) is 0.0490. The molecule has 0 saturated heterocycles. The van der Waals surface area contributed by atoms with Gasteiger partial charge in [-0.25, -0.2) is 0 Å². The zero-order valence-corrected chi connectivity index (χ0v) is 3.09. The Balaban J connectivity index is 2.93. The first-order valence-corrected chi connectivity index (χ1v) is 1.13. The van der Waals surface area contributed by atoms with Crippen molar-refractivity contribution < 1.29 is 4.28 Å². The topological polar surface area (TPSA) is 58.0 Å². The molecule has 0 atom stereocenters. The van der Waals surface area contributed by atoms with Gasteiger partial charge in [0.2, 0.25) is 0 Å². The molecule has 0 rings (SSSR count). The lowest BCUT2D eigenvalue weighted by Crippen LogP contribution is -1.39. The molecule has 0 aliphatic rings.